The first kappa shape index (κ1) is 14.5. The Morgan fingerprint density at radius 3 is 2.61 bits per heavy atom. The first-order valence-corrected chi connectivity index (χ1v) is 6.93. The molecule has 0 unspecified atom stereocenters. The Bertz CT molecular complexity index is 538. The van der Waals surface area contributed by atoms with E-state index < -0.39 is 32.2 Å². The van der Waals surface area contributed by atoms with Gasteiger partial charge in [0.1, 0.15) is 16.2 Å². The van der Waals surface area contributed by atoms with E-state index in [4.69, 9.17) is 5.11 Å². The molecular weight excluding hydrogens is 258 g/mol. The number of carboxylic acid groups (broad SMARTS) is 1. The Balaban J connectivity index is 3.09. The molecular formula is C11H15NO5S. The lowest BCUT2D eigenvalue weighted by Crippen LogP contribution is -2.25. The minimum atomic E-state index is -3.88. The fourth-order valence-corrected chi connectivity index (χ4v) is 2.56. The van der Waals surface area contributed by atoms with Crippen molar-refractivity contribution in [3.05, 3.63) is 23.8 Å². The lowest BCUT2D eigenvalue weighted by atomic mass is 10.2. The number of nitrogens with one attached hydrogen (secondary N) is 1. The lowest BCUT2D eigenvalue weighted by molar-refractivity contribution is 0.0693. The van der Waals surface area contributed by atoms with Crippen molar-refractivity contribution in [2.75, 3.05) is 6.54 Å². The third-order valence-corrected chi connectivity index (χ3v) is 3.83. The summed E-state index contributed by atoms with van der Waals surface area (Å²) in [5.41, 5.74) is -0.437. The number of rotatable bonds is 6. The summed E-state index contributed by atoms with van der Waals surface area (Å²) in [5, 5.41) is 18.4. The predicted molar refractivity (Wildman–Crippen MR) is 65.2 cm³/mol. The van der Waals surface area contributed by atoms with Crippen LogP contribution in [0.1, 0.15) is 30.1 Å². The van der Waals surface area contributed by atoms with Crippen LogP contribution in [-0.2, 0) is 10.0 Å². The van der Waals surface area contributed by atoms with Crippen LogP contribution >= 0.6 is 0 Å². The topological polar surface area (TPSA) is 104 Å². The molecule has 6 nitrogen and oxygen atoms in total. The summed E-state index contributed by atoms with van der Waals surface area (Å²) in [5.74, 6) is -2.12. The van der Waals surface area contributed by atoms with Crippen molar-refractivity contribution in [3.63, 3.8) is 0 Å². The third-order valence-electron chi connectivity index (χ3n) is 2.34. The quantitative estimate of drug-likeness (QED) is 0.675. The molecule has 0 aliphatic rings. The zero-order chi connectivity index (χ0) is 13.8. The SMILES string of the molecule is CCCCNS(=O)(=O)c1cccc(C(=O)O)c1O. The zero-order valence-corrected chi connectivity index (χ0v) is 10.7. The number of sulfonamides is 1. The Hall–Kier alpha value is -1.60. The van der Waals surface area contributed by atoms with E-state index in [0.717, 1.165) is 18.6 Å². The largest absolute Gasteiger partial charge is 0.506 e. The van der Waals surface area contributed by atoms with E-state index in [9.17, 15) is 18.3 Å². The molecule has 100 valence electrons. The molecule has 0 radical (unpaired) electrons. The highest BCUT2D eigenvalue weighted by Crippen LogP contribution is 2.26. The van der Waals surface area contributed by atoms with Gasteiger partial charge in [-0.25, -0.2) is 17.9 Å². The number of carboxylic acids is 1. The fraction of sp³-hybridized carbons (Fsp3) is 0.364. The summed E-state index contributed by atoms with van der Waals surface area (Å²) in [6.07, 6.45) is 1.49. The molecule has 0 spiro atoms. The van der Waals surface area contributed by atoms with Gasteiger partial charge in [-0.05, 0) is 18.6 Å². The molecule has 1 aromatic rings. The van der Waals surface area contributed by atoms with E-state index in [-0.39, 0.29) is 6.54 Å². The van der Waals surface area contributed by atoms with Gasteiger partial charge in [0.25, 0.3) is 0 Å². The molecule has 18 heavy (non-hydrogen) atoms. The van der Waals surface area contributed by atoms with Crippen molar-refractivity contribution in [3.8, 4) is 5.75 Å². The summed E-state index contributed by atoms with van der Waals surface area (Å²) in [6.45, 7) is 2.16. The number of aromatic hydroxyl groups is 1. The molecule has 0 aliphatic carbocycles. The van der Waals surface area contributed by atoms with E-state index in [1.807, 2.05) is 6.92 Å². The average molecular weight is 273 g/mol. The molecule has 0 fully saturated rings. The van der Waals surface area contributed by atoms with Gasteiger partial charge in [-0.15, -0.1) is 0 Å². The highest BCUT2D eigenvalue weighted by Gasteiger charge is 2.22. The highest BCUT2D eigenvalue weighted by atomic mass is 32.2. The van der Waals surface area contributed by atoms with Crippen molar-refractivity contribution in [1.29, 1.82) is 0 Å². The number of hydrogen-bond donors (Lipinski definition) is 3. The van der Waals surface area contributed by atoms with Crippen LogP contribution in [-0.4, -0.2) is 31.1 Å². The third kappa shape index (κ3) is 3.21. The molecule has 1 aromatic carbocycles. The highest BCUT2D eigenvalue weighted by molar-refractivity contribution is 7.89. The van der Waals surface area contributed by atoms with Gasteiger partial charge in [0.05, 0.1) is 0 Å². The summed E-state index contributed by atoms with van der Waals surface area (Å²) >= 11 is 0. The maximum Gasteiger partial charge on any atom is 0.339 e. The Morgan fingerprint density at radius 2 is 2.06 bits per heavy atom. The van der Waals surface area contributed by atoms with Crippen LogP contribution in [0, 0.1) is 0 Å². The van der Waals surface area contributed by atoms with Gasteiger partial charge in [0.2, 0.25) is 10.0 Å². The number of para-hydroxylation sites is 1. The average Bonchev–Trinajstić information content (AvgIpc) is 2.28. The normalized spacial score (nSPS) is 11.4. The zero-order valence-electron chi connectivity index (χ0n) is 9.88. The maximum atomic E-state index is 11.8. The minimum Gasteiger partial charge on any atom is -0.506 e. The standard InChI is InChI=1S/C11H15NO5S/c1-2-3-7-12-18(16,17)9-6-4-5-8(10(9)13)11(14)15/h4-6,12-13H,2-3,7H2,1H3,(H,14,15). The molecule has 0 bridgehead atoms. The molecule has 0 saturated heterocycles. The summed E-state index contributed by atoms with van der Waals surface area (Å²) in [6, 6.07) is 3.58. The van der Waals surface area contributed by atoms with Crippen molar-refractivity contribution in [2.45, 2.75) is 24.7 Å². The van der Waals surface area contributed by atoms with Gasteiger partial charge in [0.15, 0.2) is 0 Å². The van der Waals surface area contributed by atoms with Crippen molar-refractivity contribution in [2.24, 2.45) is 0 Å². The second-order valence-corrected chi connectivity index (χ2v) is 5.44. The number of phenols is 1. The summed E-state index contributed by atoms with van der Waals surface area (Å²) in [4.78, 5) is 10.4. The van der Waals surface area contributed by atoms with Crippen molar-refractivity contribution >= 4 is 16.0 Å². The Labute approximate surface area is 105 Å². The molecule has 0 saturated carbocycles. The minimum absolute atomic E-state index is 0.246. The van der Waals surface area contributed by atoms with E-state index in [2.05, 4.69) is 4.72 Å². The maximum absolute atomic E-state index is 11.8. The Kier molecular flexibility index (Phi) is 4.69. The predicted octanol–water partition coefficient (Wildman–Crippen LogP) is 1.17. The Morgan fingerprint density at radius 1 is 1.39 bits per heavy atom. The van der Waals surface area contributed by atoms with Crippen LogP contribution in [0.4, 0.5) is 0 Å². The first-order chi connectivity index (χ1) is 8.40. The number of hydrogen-bond acceptors (Lipinski definition) is 4. The number of benzene rings is 1. The number of carbonyl (C=O) groups is 1. The van der Waals surface area contributed by atoms with Crippen LogP contribution in [0.25, 0.3) is 0 Å². The van der Waals surface area contributed by atoms with Gasteiger partial charge in [-0.1, -0.05) is 19.4 Å². The summed E-state index contributed by atoms with van der Waals surface area (Å²) < 4.78 is 26.0. The van der Waals surface area contributed by atoms with Gasteiger partial charge in [-0.3, -0.25) is 0 Å². The number of unbranched alkanes of at least 4 members (excludes halogenated alkanes) is 1. The van der Waals surface area contributed by atoms with E-state index in [0.29, 0.717) is 6.42 Å². The van der Waals surface area contributed by atoms with E-state index in [1.165, 1.54) is 6.07 Å². The molecule has 7 heteroatoms. The van der Waals surface area contributed by atoms with Crippen molar-refractivity contribution in [1.82, 2.24) is 4.72 Å². The van der Waals surface area contributed by atoms with Crippen LogP contribution in [0.2, 0.25) is 0 Å². The van der Waals surface area contributed by atoms with Crippen LogP contribution in [0.15, 0.2) is 23.1 Å². The summed E-state index contributed by atoms with van der Waals surface area (Å²) in [7, 11) is -3.88. The van der Waals surface area contributed by atoms with E-state index >= 15 is 0 Å². The van der Waals surface area contributed by atoms with E-state index in [1.54, 1.807) is 0 Å². The smallest absolute Gasteiger partial charge is 0.339 e. The molecule has 0 heterocycles. The van der Waals surface area contributed by atoms with Gasteiger partial charge < -0.3 is 10.2 Å². The van der Waals surface area contributed by atoms with Crippen LogP contribution in [0.3, 0.4) is 0 Å². The van der Waals surface area contributed by atoms with Gasteiger partial charge in [0, 0.05) is 6.54 Å². The molecule has 0 atom stereocenters. The van der Waals surface area contributed by atoms with Crippen molar-refractivity contribution < 1.29 is 23.4 Å². The fourth-order valence-electron chi connectivity index (χ4n) is 1.37. The monoisotopic (exact) mass is 273 g/mol. The number of aromatic carboxylic acids is 1. The van der Waals surface area contributed by atoms with Gasteiger partial charge in [-0.2, -0.15) is 0 Å². The molecule has 0 amide bonds. The second-order valence-electron chi connectivity index (χ2n) is 3.71. The first-order valence-electron chi connectivity index (χ1n) is 5.45. The lowest BCUT2D eigenvalue weighted by Gasteiger charge is -2.09. The molecule has 3 N–H and O–H groups in total. The molecule has 1 rings (SSSR count). The van der Waals surface area contributed by atoms with Crippen LogP contribution < -0.4 is 4.72 Å². The van der Waals surface area contributed by atoms with Gasteiger partial charge >= 0.3 is 5.97 Å². The molecule has 0 aliphatic heterocycles. The molecule has 0 aromatic heterocycles. The van der Waals surface area contributed by atoms with Crippen LogP contribution in [0.5, 0.6) is 5.75 Å². The second kappa shape index (κ2) is 5.83.